The van der Waals surface area contributed by atoms with Crippen LogP contribution in [0.25, 0.3) is 10.8 Å². The topological polar surface area (TPSA) is 55.0 Å². The second-order valence-corrected chi connectivity index (χ2v) is 4.90. The second-order valence-electron chi connectivity index (χ2n) is 4.90. The maximum absolute atomic E-state index is 11.9. The van der Waals surface area contributed by atoms with Crippen molar-refractivity contribution in [3.05, 3.63) is 70.1 Å². The summed E-state index contributed by atoms with van der Waals surface area (Å²) in [5.74, 6) is 0.674. The Morgan fingerprint density at radius 2 is 1.86 bits per heavy atom. The smallest absolute Gasteiger partial charge is 0.272 e. The minimum absolute atomic E-state index is 0.188. The van der Waals surface area contributed by atoms with Crippen LogP contribution in [-0.2, 0) is 12.8 Å². The van der Waals surface area contributed by atoms with Crippen LogP contribution in [0.4, 0.5) is 0 Å². The molecule has 106 valence electrons. The Morgan fingerprint density at radius 3 is 2.62 bits per heavy atom. The van der Waals surface area contributed by atoms with Gasteiger partial charge in [0, 0.05) is 5.39 Å². The van der Waals surface area contributed by atoms with Crippen molar-refractivity contribution in [2.75, 3.05) is 7.11 Å². The number of aromatic amines is 1. The summed E-state index contributed by atoms with van der Waals surface area (Å²) >= 11 is 0. The Morgan fingerprint density at radius 1 is 1.05 bits per heavy atom. The van der Waals surface area contributed by atoms with Crippen molar-refractivity contribution < 1.29 is 4.74 Å². The zero-order valence-electron chi connectivity index (χ0n) is 11.8. The molecule has 0 saturated carbocycles. The minimum atomic E-state index is -0.188. The Bertz CT molecular complexity index is 810. The van der Waals surface area contributed by atoms with Crippen molar-refractivity contribution in [2.24, 2.45) is 0 Å². The Kier molecular flexibility index (Phi) is 3.69. The van der Waals surface area contributed by atoms with Crippen molar-refractivity contribution in [3.8, 4) is 5.75 Å². The van der Waals surface area contributed by atoms with Gasteiger partial charge in [0.1, 0.15) is 5.75 Å². The molecule has 2 aromatic carbocycles. The monoisotopic (exact) mass is 280 g/mol. The molecule has 0 saturated heterocycles. The lowest BCUT2D eigenvalue weighted by molar-refractivity contribution is 0.415. The number of nitrogens with one attached hydrogen (secondary N) is 1. The SMILES string of the molecule is COc1ccc2c(CCc3ccccc3)n[nH]c(=O)c2c1. The molecule has 0 radical (unpaired) electrons. The number of hydrogen-bond acceptors (Lipinski definition) is 3. The van der Waals surface area contributed by atoms with Crippen LogP contribution in [-0.4, -0.2) is 17.3 Å². The molecule has 0 unspecified atom stereocenters. The number of H-pyrrole nitrogens is 1. The largest absolute Gasteiger partial charge is 0.497 e. The van der Waals surface area contributed by atoms with E-state index in [9.17, 15) is 4.79 Å². The lowest BCUT2D eigenvalue weighted by Crippen LogP contribution is -2.11. The summed E-state index contributed by atoms with van der Waals surface area (Å²) < 4.78 is 5.17. The van der Waals surface area contributed by atoms with Gasteiger partial charge in [0.05, 0.1) is 18.2 Å². The van der Waals surface area contributed by atoms with Gasteiger partial charge in [-0.15, -0.1) is 0 Å². The fraction of sp³-hybridized carbons (Fsp3) is 0.176. The van der Waals surface area contributed by atoms with Crippen molar-refractivity contribution in [3.63, 3.8) is 0 Å². The maximum atomic E-state index is 11.9. The molecule has 1 heterocycles. The number of ether oxygens (including phenoxy) is 1. The molecule has 4 nitrogen and oxygen atoms in total. The molecule has 0 spiro atoms. The number of benzene rings is 2. The Balaban J connectivity index is 1.96. The first-order valence-corrected chi connectivity index (χ1v) is 6.87. The van der Waals surface area contributed by atoms with Crippen LogP contribution >= 0.6 is 0 Å². The lowest BCUT2D eigenvalue weighted by Gasteiger charge is -2.06. The zero-order chi connectivity index (χ0) is 14.7. The summed E-state index contributed by atoms with van der Waals surface area (Å²) in [6, 6.07) is 15.8. The van der Waals surface area contributed by atoms with Crippen LogP contribution in [0.5, 0.6) is 5.75 Å². The van der Waals surface area contributed by atoms with Gasteiger partial charge in [-0.3, -0.25) is 4.79 Å². The van der Waals surface area contributed by atoms with Gasteiger partial charge in [-0.1, -0.05) is 30.3 Å². The normalized spacial score (nSPS) is 10.7. The van der Waals surface area contributed by atoms with Crippen molar-refractivity contribution in [2.45, 2.75) is 12.8 Å². The fourth-order valence-electron chi connectivity index (χ4n) is 2.43. The van der Waals surface area contributed by atoms with Crippen molar-refractivity contribution in [1.82, 2.24) is 10.2 Å². The standard InChI is InChI=1S/C17H16N2O2/c1-21-13-8-9-14-15(11-13)17(20)19-18-16(14)10-7-12-5-3-2-4-6-12/h2-6,8-9,11H,7,10H2,1H3,(H,19,20). The number of methoxy groups -OCH3 is 1. The molecule has 1 aromatic heterocycles. The molecule has 0 aliphatic rings. The average Bonchev–Trinajstić information content (AvgIpc) is 2.55. The van der Waals surface area contributed by atoms with E-state index in [1.54, 1.807) is 13.2 Å². The minimum Gasteiger partial charge on any atom is -0.497 e. The number of aromatic nitrogens is 2. The highest BCUT2D eigenvalue weighted by atomic mass is 16.5. The van der Waals surface area contributed by atoms with Crippen LogP contribution in [0.15, 0.2) is 53.3 Å². The molecule has 21 heavy (non-hydrogen) atoms. The van der Waals surface area contributed by atoms with Gasteiger partial charge < -0.3 is 4.74 Å². The lowest BCUT2D eigenvalue weighted by atomic mass is 10.0. The summed E-state index contributed by atoms with van der Waals surface area (Å²) in [7, 11) is 1.59. The number of aryl methyl sites for hydroxylation is 2. The van der Waals surface area contributed by atoms with Crippen LogP contribution < -0.4 is 10.3 Å². The van der Waals surface area contributed by atoms with E-state index in [1.807, 2.05) is 30.3 Å². The fourth-order valence-corrected chi connectivity index (χ4v) is 2.43. The third kappa shape index (κ3) is 2.79. The molecule has 3 aromatic rings. The summed E-state index contributed by atoms with van der Waals surface area (Å²) in [5.41, 5.74) is 1.97. The first kappa shape index (κ1) is 13.4. The molecule has 0 aliphatic carbocycles. The van der Waals surface area contributed by atoms with E-state index in [0.29, 0.717) is 11.1 Å². The highest BCUT2D eigenvalue weighted by molar-refractivity contribution is 5.84. The highest BCUT2D eigenvalue weighted by Gasteiger charge is 2.08. The third-order valence-corrected chi connectivity index (χ3v) is 3.57. The van der Waals surface area contributed by atoms with Crippen molar-refractivity contribution >= 4 is 10.8 Å². The van der Waals surface area contributed by atoms with Crippen LogP contribution in [0.2, 0.25) is 0 Å². The summed E-state index contributed by atoms with van der Waals surface area (Å²) in [5, 5.41) is 8.27. The molecule has 0 amide bonds. The number of nitrogens with zero attached hydrogens (tertiary/aromatic N) is 1. The predicted octanol–water partition coefficient (Wildman–Crippen LogP) is 2.72. The van der Waals surface area contributed by atoms with Crippen molar-refractivity contribution in [1.29, 1.82) is 0 Å². The van der Waals surface area contributed by atoms with Gasteiger partial charge in [0.2, 0.25) is 0 Å². The van der Waals surface area contributed by atoms with Gasteiger partial charge in [0.15, 0.2) is 0 Å². The quantitative estimate of drug-likeness (QED) is 0.799. The van der Waals surface area contributed by atoms with Gasteiger partial charge in [0.25, 0.3) is 5.56 Å². The van der Waals surface area contributed by atoms with E-state index in [4.69, 9.17) is 4.74 Å². The summed E-state index contributed by atoms with van der Waals surface area (Å²) in [6.45, 7) is 0. The van der Waals surface area contributed by atoms with E-state index >= 15 is 0 Å². The van der Waals surface area contributed by atoms with Gasteiger partial charge >= 0.3 is 0 Å². The van der Waals surface area contributed by atoms with Crippen LogP contribution in [0.1, 0.15) is 11.3 Å². The molecule has 0 fully saturated rings. The van der Waals surface area contributed by atoms with E-state index in [2.05, 4.69) is 22.3 Å². The number of rotatable bonds is 4. The molecule has 3 rings (SSSR count). The Labute approximate surface area is 122 Å². The predicted molar refractivity (Wildman–Crippen MR) is 82.8 cm³/mol. The van der Waals surface area contributed by atoms with E-state index in [-0.39, 0.29) is 5.56 Å². The highest BCUT2D eigenvalue weighted by Crippen LogP contribution is 2.20. The molecule has 0 bridgehead atoms. The molecule has 1 N–H and O–H groups in total. The van der Waals surface area contributed by atoms with Gasteiger partial charge in [-0.25, -0.2) is 5.10 Å². The summed E-state index contributed by atoms with van der Waals surface area (Å²) in [6.07, 6.45) is 1.67. The van der Waals surface area contributed by atoms with E-state index < -0.39 is 0 Å². The third-order valence-electron chi connectivity index (χ3n) is 3.57. The van der Waals surface area contributed by atoms with Gasteiger partial charge in [-0.2, -0.15) is 5.10 Å². The van der Waals surface area contributed by atoms with Crippen LogP contribution in [0, 0.1) is 0 Å². The van der Waals surface area contributed by atoms with Gasteiger partial charge in [-0.05, 0) is 36.6 Å². The van der Waals surface area contributed by atoms with Crippen LogP contribution in [0.3, 0.4) is 0 Å². The average molecular weight is 280 g/mol. The molecule has 0 aliphatic heterocycles. The van der Waals surface area contributed by atoms with E-state index in [0.717, 1.165) is 23.9 Å². The summed E-state index contributed by atoms with van der Waals surface area (Å²) in [4.78, 5) is 11.9. The number of fused-ring (bicyclic) bond motifs is 1. The Hall–Kier alpha value is -2.62. The molecular weight excluding hydrogens is 264 g/mol. The second kappa shape index (κ2) is 5.79. The molecular formula is C17H16N2O2. The molecule has 0 atom stereocenters. The van der Waals surface area contributed by atoms with E-state index in [1.165, 1.54) is 5.56 Å². The zero-order valence-corrected chi connectivity index (χ0v) is 11.8. The first-order valence-electron chi connectivity index (χ1n) is 6.87. The first-order chi connectivity index (χ1) is 10.3. The maximum Gasteiger partial charge on any atom is 0.272 e. The molecule has 4 heteroatoms. The number of hydrogen-bond donors (Lipinski definition) is 1.